The van der Waals surface area contributed by atoms with Crippen LogP contribution in [-0.2, 0) is 4.79 Å². The van der Waals surface area contributed by atoms with Crippen LogP contribution in [0.4, 0.5) is 0 Å². The molecule has 2 rings (SSSR count). The van der Waals surface area contributed by atoms with Crippen molar-refractivity contribution in [3.63, 3.8) is 0 Å². The van der Waals surface area contributed by atoms with Crippen LogP contribution in [-0.4, -0.2) is 29.5 Å². The summed E-state index contributed by atoms with van der Waals surface area (Å²) in [5, 5.41) is 3.09. The van der Waals surface area contributed by atoms with Gasteiger partial charge in [-0.05, 0) is 37.9 Å². The molecule has 2 fully saturated rings. The third-order valence-electron chi connectivity index (χ3n) is 4.20. The first-order chi connectivity index (χ1) is 8.15. The van der Waals surface area contributed by atoms with Crippen molar-refractivity contribution in [2.75, 3.05) is 12.8 Å². The molecule has 0 aromatic rings. The lowest BCUT2D eigenvalue weighted by Crippen LogP contribution is -2.40. The Kier molecular flexibility index (Phi) is 4.36. The first-order valence-electron chi connectivity index (χ1n) is 6.73. The number of thioether (sulfide) groups is 1. The minimum Gasteiger partial charge on any atom is -0.355 e. The molecule has 2 saturated carbocycles. The summed E-state index contributed by atoms with van der Waals surface area (Å²) >= 11 is 1.91. The van der Waals surface area contributed by atoms with Gasteiger partial charge in [-0.1, -0.05) is 12.8 Å². The Bertz CT molecular complexity index is 273. The molecule has 1 unspecified atom stereocenters. The molecule has 98 valence electrons. The average Bonchev–Trinajstić information content (AvgIpc) is 3.07. The molecule has 1 amide bonds. The lowest BCUT2D eigenvalue weighted by molar-refractivity contribution is -0.121. The summed E-state index contributed by atoms with van der Waals surface area (Å²) in [6.45, 7) is 0.824. The van der Waals surface area contributed by atoms with Gasteiger partial charge in [-0.3, -0.25) is 4.79 Å². The predicted molar refractivity (Wildman–Crippen MR) is 73.0 cm³/mol. The first kappa shape index (κ1) is 13.2. The molecule has 0 spiro atoms. The van der Waals surface area contributed by atoms with Crippen molar-refractivity contribution in [3.05, 3.63) is 0 Å². The molecule has 3 N–H and O–H groups in total. The first-order valence-corrected chi connectivity index (χ1v) is 7.95. The second-order valence-corrected chi connectivity index (χ2v) is 6.85. The second-order valence-electron chi connectivity index (χ2n) is 5.58. The van der Waals surface area contributed by atoms with E-state index < -0.39 is 0 Å². The van der Waals surface area contributed by atoms with Gasteiger partial charge < -0.3 is 11.1 Å². The largest absolute Gasteiger partial charge is 0.355 e. The van der Waals surface area contributed by atoms with E-state index in [1.165, 1.54) is 38.5 Å². The van der Waals surface area contributed by atoms with Gasteiger partial charge in [0.25, 0.3) is 0 Å². The van der Waals surface area contributed by atoms with Crippen molar-refractivity contribution in [3.8, 4) is 0 Å². The van der Waals surface area contributed by atoms with E-state index in [4.69, 9.17) is 5.73 Å². The fourth-order valence-electron chi connectivity index (χ4n) is 2.71. The molecule has 17 heavy (non-hydrogen) atoms. The highest BCUT2D eigenvalue weighted by Gasteiger charge is 2.34. The van der Waals surface area contributed by atoms with Gasteiger partial charge in [0, 0.05) is 23.8 Å². The Morgan fingerprint density at radius 3 is 2.65 bits per heavy atom. The van der Waals surface area contributed by atoms with E-state index in [1.807, 2.05) is 11.8 Å². The van der Waals surface area contributed by atoms with E-state index >= 15 is 0 Å². The summed E-state index contributed by atoms with van der Waals surface area (Å²) in [7, 11) is 0. The zero-order chi connectivity index (χ0) is 12.3. The number of carbonyl (C=O) groups is 1. The molecule has 0 radical (unpaired) electrons. The van der Waals surface area contributed by atoms with Crippen molar-refractivity contribution < 1.29 is 4.79 Å². The summed E-state index contributed by atoms with van der Waals surface area (Å²) < 4.78 is 0.305. The molecule has 4 heteroatoms. The molecule has 0 aromatic carbocycles. The number of hydrogen-bond acceptors (Lipinski definition) is 3. The van der Waals surface area contributed by atoms with Gasteiger partial charge in [0.2, 0.25) is 5.91 Å². The molecular formula is C13H24N2OS. The number of hydrogen-bond donors (Lipinski definition) is 2. The van der Waals surface area contributed by atoms with Crippen molar-refractivity contribution in [2.24, 2.45) is 11.7 Å². The molecular weight excluding hydrogens is 232 g/mol. The summed E-state index contributed by atoms with van der Waals surface area (Å²) in [6.07, 6.45) is 10.2. The summed E-state index contributed by atoms with van der Waals surface area (Å²) in [5.74, 6) is 0.756. The zero-order valence-electron chi connectivity index (χ0n) is 10.7. The maximum absolute atomic E-state index is 11.8. The van der Waals surface area contributed by atoms with Crippen LogP contribution in [0.25, 0.3) is 0 Å². The maximum atomic E-state index is 11.8. The van der Waals surface area contributed by atoms with Crippen LogP contribution in [0, 0.1) is 5.92 Å². The third-order valence-corrected chi connectivity index (χ3v) is 5.62. The number of nitrogens with two attached hydrogens (primary N) is 1. The van der Waals surface area contributed by atoms with Crippen LogP contribution in [0.2, 0.25) is 0 Å². The van der Waals surface area contributed by atoms with Gasteiger partial charge in [-0.2, -0.15) is 11.8 Å². The minimum atomic E-state index is 0.0869. The Hall–Kier alpha value is -0.220. The van der Waals surface area contributed by atoms with E-state index in [0.29, 0.717) is 17.1 Å². The molecule has 0 heterocycles. The molecule has 1 atom stereocenters. The average molecular weight is 256 g/mol. The van der Waals surface area contributed by atoms with Gasteiger partial charge in [0.05, 0.1) is 0 Å². The van der Waals surface area contributed by atoms with Gasteiger partial charge in [-0.25, -0.2) is 0 Å². The fraction of sp³-hybridized carbons (Fsp3) is 0.923. The van der Waals surface area contributed by atoms with Gasteiger partial charge in [0.15, 0.2) is 0 Å². The Balaban J connectivity index is 1.71. The number of nitrogens with one attached hydrogen (secondary N) is 1. The lowest BCUT2D eigenvalue weighted by atomic mass is 10.1. The number of amides is 1. The van der Waals surface area contributed by atoms with Crippen LogP contribution in [0.15, 0.2) is 0 Å². The lowest BCUT2D eigenvalue weighted by Gasteiger charge is -2.27. The Labute approximate surface area is 108 Å². The fourth-order valence-corrected chi connectivity index (χ4v) is 3.62. The second kappa shape index (κ2) is 5.61. The van der Waals surface area contributed by atoms with Crippen molar-refractivity contribution in [1.29, 1.82) is 0 Å². The van der Waals surface area contributed by atoms with Crippen LogP contribution < -0.4 is 11.1 Å². The van der Waals surface area contributed by atoms with Crippen LogP contribution >= 0.6 is 11.8 Å². The van der Waals surface area contributed by atoms with Crippen LogP contribution in [0.1, 0.15) is 44.9 Å². The third kappa shape index (κ3) is 3.62. The standard InChI is InChI=1S/C13H24N2OS/c1-17-13(6-2-3-7-13)9-15-12(16)8-11(14)10-4-5-10/h10-11H,2-9,14H2,1H3,(H,15,16). The van der Waals surface area contributed by atoms with Crippen molar-refractivity contribution in [2.45, 2.75) is 55.7 Å². The summed E-state index contributed by atoms with van der Waals surface area (Å²) in [6, 6.07) is 0.0869. The summed E-state index contributed by atoms with van der Waals surface area (Å²) in [4.78, 5) is 11.8. The predicted octanol–water partition coefficient (Wildman–Crippen LogP) is 1.91. The van der Waals surface area contributed by atoms with Gasteiger partial charge in [-0.15, -0.1) is 0 Å². The van der Waals surface area contributed by atoms with E-state index in [-0.39, 0.29) is 11.9 Å². The highest BCUT2D eigenvalue weighted by atomic mass is 32.2. The monoisotopic (exact) mass is 256 g/mol. The number of carbonyl (C=O) groups excluding carboxylic acids is 1. The Morgan fingerprint density at radius 1 is 1.47 bits per heavy atom. The molecule has 0 aliphatic heterocycles. The van der Waals surface area contributed by atoms with Gasteiger partial charge in [0.1, 0.15) is 0 Å². The van der Waals surface area contributed by atoms with E-state index in [2.05, 4.69) is 11.6 Å². The molecule has 0 saturated heterocycles. The molecule has 0 aromatic heterocycles. The quantitative estimate of drug-likeness (QED) is 0.763. The van der Waals surface area contributed by atoms with Crippen molar-refractivity contribution >= 4 is 17.7 Å². The Morgan fingerprint density at radius 2 is 2.12 bits per heavy atom. The van der Waals surface area contributed by atoms with Gasteiger partial charge >= 0.3 is 0 Å². The van der Waals surface area contributed by atoms with E-state index in [1.54, 1.807) is 0 Å². The van der Waals surface area contributed by atoms with Crippen LogP contribution in [0.3, 0.4) is 0 Å². The molecule has 3 nitrogen and oxygen atoms in total. The maximum Gasteiger partial charge on any atom is 0.221 e. The number of rotatable bonds is 6. The SMILES string of the molecule is CSC1(CNC(=O)CC(N)C2CC2)CCCC1. The topological polar surface area (TPSA) is 55.1 Å². The van der Waals surface area contributed by atoms with E-state index in [0.717, 1.165) is 6.54 Å². The highest BCUT2D eigenvalue weighted by molar-refractivity contribution is 8.00. The van der Waals surface area contributed by atoms with E-state index in [9.17, 15) is 4.79 Å². The smallest absolute Gasteiger partial charge is 0.221 e. The molecule has 2 aliphatic carbocycles. The molecule has 0 bridgehead atoms. The summed E-state index contributed by atoms with van der Waals surface area (Å²) in [5.41, 5.74) is 5.96. The normalized spacial score (nSPS) is 24.6. The minimum absolute atomic E-state index is 0.0869. The molecule has 2 aliphatic rings. The van der Waals surface area contributed by atoms with Crippen LogP contribution in [0.5, 0.6) is 0 Å². The zero-order valence-corrected chi connectivity index (χ0v) is 11.5. The van der Waals surface area contributed by atoms with Crippen molar-refractivity contribution in [1.82, 2.24) is 5.32 Å². The highest BCUT2D eigenvalue weighted by Crippen LogP contribution is 2.39.